The second-order valence-corrected chi connectivity index (χ2v) is 10.2. The SMILES string of the molecule is CC(C)(C)N1C(=O)C(=NCC2COc3ccccc3O2)C(c2ccccc2)S1(=O)=O. The summed E-state index contributed by atoms with van der Waals surface area (Å²) < 4.78 is 39.2. The quantitative estimate of drug-likeness (QED) is 0.750. The molecule has 0 aromatic heterocycles. The highest BCUT2D eigenvalue weighted by molar-refractivity contribution is 7.91. The summed E-state index contributed by atoms with van der Waals surface area (Å²) >= 11 is 0. The van der Waals surface area contributed by atoms with Gasteiger partial charge in [-0.2, -0.15) is 0 Å². The maximum Gasteiger partial charge on any atom is 0.283 e. The monoisotopic (exact) mass is 428 g/mol. The normalized spacial score (nSPS) is 24.3. The van der Waals surface area contributed by atoms with Crippen LogP contribution in [0.3, 0.4) is 0 Å². The summed E-state index contributed by atoms with van der Waals surface area (Å²) in [6.45, 7) is 5.48. The zero-order valence-corrected chi connectivity index (χ0v) is 17.9. The molecular formula is C22H24N2O5S. The molecule has 0 radical (unpaired) electrons. The lowest BCUT2D eigenvalue weighted by molar-refractivity contribution is -0.122. The number of para-hydroxylation sites is 2. The van der Waals surface area contributed by atoms with Gasteiger partial charge in [-0.05, 0) is 38.5 Å². The van der Waals surface area contributed by atoms with Gasteiger partial charge >= 0.3 is 0 Å². The molecule has 0 spiro atoms. The summed E-state index contributed by atoms with van der Waals surface area (Å²) in [6.07, 6.45) is -0.414. The van der Waals surface area contributed by atoms with Crippen molar-refractivity contribution in [3.63, 3.8) is 0 Å². The first kappa shape index (κ1) is 20.4. The van der Waals surface area contributed by atoms with E-state index in [2.05, 4.69) is 4.99 Å². The first-order valence-electron chi connectivity index (χ1n) is 9.76. The molecule has 2 aromatic rings. The Hall–Kier alpha value is -2.87. The van der Waals surface area contributed by atoms with E-state index >= 15 is 0 Å². The van der Waals surface area contributed by atoms with Gasteiger partial charge in [-0.15, -0.1) is 0 Å². The first-order valence-corrected chi connectivity index (χ1v) is 11.3. The number of rotatable bonds is 3. The molecule has 0 bridgehead atoms. The molecule has 0 aliphatic carbocycles. The lowest BCUT2D eigenvalue weighted by atomic mass is 10.0. The summed E-state index contributed by atoms with van der Waals surface area (Å²) in [5.74, 6) is 0.672. The van der Waals surface area contributed by atoms with Crippen LogP contribution in [-0.4, -0.2) is 49.1 Å². The van der Waals surface area contributed by atoms with E-state index in [1.807, 2.05) is 18.2 Å². The Labute approximate surface area is 176 Å². The van der Waals surface area contributed by atoms with Gasteiger partial charge in [0.25, 0.3) is 15.9 Å². The predicted molar refractivity (Wildman–Crippen MR) is 113 cm³/mol. The van der Waals surface area contributed by atoms with Crippen molar-refractivity contribution in [3.8, 4) is 11.5 Å². The molecule has 30 heavy (non-hydrogen) atoms. The Morgan fingerprint density at radius 3 is 2.33 bits per heavy atom. The Morgan fingerprint density at radius 2 is 1.67 bits per heavy atom. The lowest BCUT2D eigenvalue weighted by Gasteiger charge is -2.30. The fourth-order valence-electron chi connectivity index (χ4n) is 3.73. The molecule has 2 aliphatic rings. The zero-order chi connectivity index (χ0) is 21.5. The van der Waals surface area contributed by atoms with Gasteiger partial charge in [-0.1, -0.05) is 42.5 Å². The summed E-state index contributed by atoms with van der Waals surface area (Å²) in [6, 6.07) is 16.0. The Morgan fingerprint density at radius 1 is 1.03 bits per heavy atom. The summed E-state index contributed by atoms with van der Waals surface area (Å²) in [5, 5.41) is -1.14. The maximum absolute atomic E-state index is 13.3. The van der Waals surface area contributed by atoms with E-state index in [4.69, 9.17) is 9.47 Å². The molecule has 1 saturated heterocycles. The highest BCUT2D eigenvalue weighted by atomic mass is 32.2. The van der Waals surface area contributed by atoms with E-state index in [0.717, 1.165) is 4.31 Å². The van der Waals surface area contributed by atoms with Gasteiger partial charge in [0.2, 0.25) is 0 Å². The highest BCUT2D eigenvalue weighted by Crippen LogP contribution is 2.39. The van der Waals surface area contributed by atoms with Gasteiger partial charge in [0.1, 0.15) is 12.3 Å². The molecular weight excluding hydrogens is 404 g/mol. The van der Waals surface area contributed by atoms with E-state index in [1.165, 1.54) is 0 Å². The van der Waals surface area contributed by atoms with E-state index in [-0.39, 0.29) is 18.9 Å². The molecule has 0 saturated carbocycles. The molecule has 158 valence electrons. The van der Waals surface area contributed by atoms with Crippen molar-refractivity contribution in [1.29, 1.82) is 0 Å². The third-order valence-corrected chi connectivity index (χ3v) is 7.26. The summed E-state index contributed by atoms with van der Waals surface area (Å²) in [5.41, 5.74) is -0.370. The second-order valence-electron chi connectivity index (χ2n) is 8.30. The van der Waals surface area contributed by atoms with Crippen LogP contribution in [0, 0.1) is 0 Å². The van der Waals surface area contributed by atoms with Crippen LogP contribution in [0.25, 0.3) is 0 Å². The molecule has 2 heterocycles. The smallest absolute Gasteiger partial charge is 0.283 e. The van der Waals surface area contributed by atoms with Gasteiger partial charge in [0.05, 0.1) is 12.1 Å². The van der Waals surface area contributed by atoms with Gasteiger partial charge in [-0.25, -0.2) is 12.7 Å². The van der Waals surface area contributed by atoms with E-state index in [0.29, 0.717) is 17.1 Å². The van der Waals surface area contributed by atoms with Gasteiger partial charge in [-0.3, -0.25) is 9.79 Å². The van der Waals surface area contributed by atoms with Crippen LogP contribution >= 0.6 is 0 Å². The molecule has 8 heteroatoms. The van der Waals surface area contributed by atoms with Gasteiger partial charge < -0.3 is 9.47 Å². The summed E-state index contributed by atoms with van der Waals surface area (Å²) in [7, 11) is -3.96. The molecule has 1 fully saturated rings. The van der Waals surface area contributed by atoms with Crippen molar-refractivity contribution in [2.45, 2.75) is 37.7 Å². The highest BCUT2D eigenvalue weighted by Gasteiger charge is 2.54. The van der Waals surface area contributed by atoms with Crippen molar-refractivity contribution in [2.75, 3.05) is 13.2 Å². The van der Waals surface area contributed by atoms with Crippen molar-refractivity contribution < 1.29 is 22.7 Å². The number of carbonyl (C=O) groups is 1. The van der Waals surface area contributed by atoms with Crippen LogP contribution in [0.15, 0.2) is 59.6 Å². The lowest BCUT2D eigenvalue weighted by Crippen LogP contribution is -2.45. The average molecular weight is 429 g/mol. The Balaban J connectivity index is 1.68. The van der Waals surface area contributed by atoms with Crippen molar-refractivity contribution in [1.82, 2.24) is 4.31 Å². The summed E-state index contributed by atoms with van der Waals surface area (Å²) in [4.78, 5) is 17.6. The van der Waals surface area contributed by atoms with E-state index in [1.54, 1.807) is 57.2 Å². The minimum Gasteiger partial charge on any atom is -0.486 e. The van der Waals surface area contributed by atoms with Crippen LogP contribution < -0.4 is 9.47 Å². The third kappa shape index (κ3) is 3.56. The van der Waals surface area contributed by atoms with Crippen LogP contribution in [-0.2, 0) is 14.8 Å². The number of ether oxygens (including phenoxy) is 2. The molecule has 2 aliphatic heterocycles. The van der Waals surface area contributed by atoms with Crippen molar-refractivity contribution in [3.05, 3.63) is 60.2 Å². The molecule has 1 amide bonds. The number of nitrogens with zero attached hydrogens (tertiary/aromatic N) is 2. The molecule has 2 aromatic carbocycles. The second kappa shape index (κ2) is 7.43. The number of carbonyl (C=O) groups excluding carboxylic acids is 1. The topological polar surface area (TPSA) is 85.3 Å². The number of fused-ring (bicyclic) bond motifs is 1. The average Bonchev–Trinajstić information content (AvgIpc) is 2.91. The number of sulfonamides is 1. The number of aliphatic imine (C=N–C) groups is 1. The largest absolute Gasteiger partial charge is 0.486 e. The Bertz CT molecular complexity index is 1090. The number of hydrogen-bond donors (Lipinski definition) is 0. The maximum atomic E-state index is 13.3. The van der Waals surface area contributed by atoms with Gasteiger partial charge in [0, 0.05) is 0 Å². The minimum absolute atomic E-state index is 0.0126. The number of benzene rings is 2. The van der Waals surface area contributed by atoms with Crippen LogP contribution in [0.5, 0.6) is 11.5 Å². The standard InChI is InChI=1S/C22H24N2O5S/c1-22(2,3)24-21(25)19(20(30(24,26)27)15-9-5-4-6-10-15)23-13-16-14-28-17-11-7-8-12-18(17)29-16/h4-12,16,20H,13-14H2,1-3H3. The van der Waals surface area contributed by atoms with E-state index in [9.17, 15) is 13.2 Å². The molecule has 2 atom stereocenters. The Kier molecular flexibility index (Phi) is 5.05. The number of amides is 1. The first-order chi connectivity index (χ1) is 14.2. The van der Waals surface area contributed by atoms with Crippen LogP contribution in [0.1, 0.15) is 31.6 Å². The van der Waals surface area contributed by atoms with Crippen LogP contribution in [0.4, 0.5) is 0 Å². The minimum atomic E-state index is -3.96. The van der Waals surface area contributed by atoms with Gasteiger partial charge in [0.15, 0.2) is 22.9 Å². The molecule has 4 rings (SSSR count). The van der Waals surface area contributed by atoms with Crippen LogP contribution in [0.2, 0.25) is 0 Å². The van der Waals surface area contributed by atoms with Crippen molar-refractivity contribution in [2.24, 2.45) is 4.99 Å². The zero-order valence-electron chi connectivity index (χ0n) is 17.1. The fraction of sp³-hybridized carbons (Fsp3) is 0.364. The van der Waals surface area contributed by atoms with E-state index < -0.39 is 32.8 Å². The van der Waals surface area contributed by atoms with Crippen molar-refractivity contribution >= 4 is 21.6 Å². The molecule has 7 nitrogen and oxygen atoms in total. The molecule has 2 unspecified atom stereocenters. The third-order valence-electron chi connectivity index (χ3n) is 4.95. The fourth-order valence-corrected chi connectivity index (χ4v) is 5.98. The molecule has 0 N–H and O–H groups in total. The number of hydrogen-bond acceptors (Lipinski definition) is 6. The predicted octanol–water partition coefficient (Wildman–Crippen LogP) is 2.98.